The summed E-state index contributed by atoms with van der Waals surface area (Å²) in [6.45, 7) is 4.58. The fourth-order valence-electron chi connectivity index (χ4n) is 2.77. The number of nitrogens with one attached hydrogen (secondary N) is 2. The molecule has 146 valence electrons. The van der Waals surface area contributed by atoms with Crippen molar-refractivity contribution in [3.8, 4) is 0 Å². The van der Waals surface area contributed by atoms with Crippen LogP contribution in [0.1, 0.15) is 24.8 Å². The van der Waals surface area contributed by atoms with E-state index in [1.54, 1.807) is 4.90 Å². The largest absolute Gasteiger partial charge is 0.378 e. The summed E-state index contributed by atoms with van der Waals surface area (Å²) >= 11 is 0. The molecule has 26 heavy (non-hydrogen) atoms. The molecule has 8 heteroatoms. The Bertz CT molecular complexity index is 577. The first-order valence-corrected chi connectivity index (χ1v) is 8.79. The van der Waals surface area contributed by atoms with Gasteiger partial charge < -0.3 is 26.0 Å². The van der Waals surface area contributed by atoms with E-state index >= 15 is 0 Å². The van der Waals surface area contributed by atoms with Gasteiger partial charge in [-0.15, -0.1) is 12.4 Å². The minimum Gasteiger partial charge on any atom is -0.378 e. The van der Waals surface area contributed by atoms with E-state index < -0.39 is 0 Å². The smallest absolute Gasteiger partial charge is 0.319 e. The highest BCUT2D eigenvalue weighted by atomic mass is 35.5. The quantitative estimate of drug-likeness (QED) is 0.625. The number of carbonyl (C=O) groups is 2. The number of amides is 3. The number of ether oxygens (including phenoxy) is 1. The number of halogens is 1. The molecular weight excluding hydrogens is 356 g/mol. The molecule has 0 atom stereocenters. The van der Waals surface area contributed by atoms with Crippen molar-refractivity contribution in [2.75, 3.05) is 38.1 Å². The van der Waals surface area contributed by atoms with Gasteiger partial charge in [0.05, 0.1) is 12.6 Å². The van der Waals surface area contributed by atoms with Crippen molar-refractivity contribution in [1.82, 2.24) is 10.2 Å². The molecule has 0 bridgehead atoms. The highest BCUT2D eigenvalue weighted by molar-refractivity contribution is 5.92. The predicted molar refractivity (Wildman–Crippen MR) is 105 cm³/mol. The Labute approximate surface area is 161 Å². The molecule has 0 aromatic heterocycles. The van der Waals surface area contributed by atoms with Gasteiger partial charge in [-0.25, -0.2) is 4.79 Å². The van der Waals surface area contributed by atoms with Gasteiger partial charge in [0, 0.05) is 25.4 Å². The number of aryl methyl sites for hydroxylation is 1. The summed E-state index contributed by atoms with van der Waals surface area (Å²) in [4.78, 5) is 25.9. The molecule has 0 radical (unpaired) electrons. The molecule has 0 unspecified atom stereocenters. The first kappa shape index (κ1) is 22.2. The summed E-state index contributed by atoms with van der Waals surface area (Å²) in [5, 5.41) is 5.34. The fraction of sp³-hybridized carbons (Fsp3) is 0.556. The van der Waals surface area contributed by atoms with E-state index in [1.165, 1.54) is 0 Å². The molecule has 1 aliphatic rings. The number of anilines is 1. The van der Waals surface area contributed by atoms with Crippen molar-refractivity contribution >= 4 is 30.0 Å². The monoisotopic (exact) mass is 384 g/mol. The van der Waals surface area contributed by atoms with E-state index in [9.17, 15) is 9.59 Å². The molecule has 1 aliphatic heterocycles. The van der Waals surface area contributed by atoms with Crippen LogP contribution in [0, 0.1) is 6.92 Å². The van der Waals surface area contributed by atoms with Gasteiger partial charge >= 0.3 is 6.03 Å². The molecule has 1 saturated heterocycles. The van der Waals surface area contributed by atoms with Gasteiger partial charge in [0.2, 0.25) is 5.91 Å². The second-order valence-corrected chi connectivity index (χ2v) is 6.27. The standard InChI is InChI=1S/C18H28N4O3.ClH/c1-14-4-2-5-15(12-14)21-18(24)20-13-17(23)22-9-6-16(7-10-22)25-11-3-8-19;/h2,4-5,12,16H,3,6-11,13,19H2,1H3,(H2,20,21,24);1H. The summed E-state index contributed by atoms with van der Waals surface area (Å²) in [5.41, 5.74) is 7.22. The zero-order chi connectivity index (χ0) is 18.1. The maximum Gasteiger partial charge on any atom is 0.319 e. The van der Waals surface area contributed by atoms with Crippen LogP contribution >= 0.6 is 12.4 Å². The molecule has 1 aromatic rings. The maximum atomic E-state index is 12.2. The van der Waals surface area contributed by atoms with E-state index in [0.29, 0.717) is 31.9 Å². The average Bonchev–Trinajstić information content (AvgIpc) is 2.60. The van der Waals surface area contributed by atoms with Crippen LogP contribution in [-0.2, 0) is 9.53 Å². The Hall–Kier alpha value is -1.83. The second kappa shape index (κ2) is 11.7. The molecular formula is C18H29ClN4O3. The molecule has 1 heterocycles. The Morgan fingerprint density at radius 1 is 1.31 bits per heavy atom. The van der Waals surface area contributed by atoms with Crippen LogP contribution in [0.2, 0.25) is 0 Å². The van der Waals surface area contributed by atoms with Crippen LogP contribution in [-0.4, -0.2) is 55.7 Å². The van der Waals surface area contributed by atoms with Crippen molar-refractivity contribution in [2.45, 2.75) is 32.3 Å². The van der Waals surface area contributed by atoms with Crippen LogP contribution in [0.4, 0.5) is 10.5 Å². The van der Waals surface area contributed by atoms with E-state index in [1.807, 2.05) is 31.2 Å². The number of hydrogen-bond donors (Lipinski definition) is 3. The van der Waals surface area contributed by atoms with E-state index in [2.05, 4.69) is 10.6 Å². The average molecular weight is 385 g/mol. The summed E-state index contributed by atoms with van der Waals surface area (Å²) in [6, 6.07) is 7.13. The van der Waals surface area contributed by atoms with E-state index in [-0.39, 0.29) is 37.0 Å². The fourth-order valence-corrected chi connectivity index (χ4v) is 2.77. The zero-order valence-corrected chi connectivity index (χ0v) is 16.0. The predicted octanol–water partition coefficient (Wildman–Crippen LogP) is 1.89. The van der Waals surface area contributed by atoms with Crippen LogP contribution in [0.3, 0.4) is 0 Å². The minimum absolute atomic E-state index is 0. The lowest BCUT2D eigenvalue weighted by Gasteiger charge is -2.32. The number of hydrogen-bond acceptors (Lipinski definition) is 4. The van der Waals surface area contributed by atoms with Crippen molar-refractivity contribution in [3.05, 3.63) is 29.8 Å². The maximum absolute atomic E-state index is 12.2. The Balaban J connectivity index is 0.00000338. The topological polar surface area (TPSA) is 96.7 Å². The molecule has 4 N–H and O–H groups in total. The molecule has 0 saturated carbocycles. The minimum atomic E-state index is -0.376. The van der Waals surface area contributed by atoms with Gasteiger partial charge in [0.25, 0.3) is 0 Å². The molecule has 2 rings (SSSR count). The van der Waals surface area contributed by atoms with Crippen LogP contribution in [0.5, 0.6) is 0 Å². The first-order chi connectivity index (χ1) is 12.1. The highest BCUT2D eigenvalue weighted by Crippen LogP contribution is 2.14. The third-order valence-electron chi connectivity index (χ3n) is 4.17. The number of rotatable bonds is 7. The lowest BCUT2D eigenvalue weighted by Crippen LogP contribution is -2.46. The van der Waals surface area contributed by atoms with Gasteiger partial charge in [-0.2, -0.15) is 0 Å². The van der Waals surface area contributed by atoms with Crippen LogP contribution in [0.25, 0.3) is 0 Å². The van der Waals surface area contributed by atoms with Gasteiger partial charge in [0.15, 0.2) is 0 Å². The molecule has 7 nitrogen and oxygen atoms in total. The van der Waals surface area contributed by atoms with Crippen molar-refractivity contribution in [1.29, 1.82) is 0 Å². The molecule has 0 aliphatic carbocycles. The third kappa shape index (κ3) is 7.59. The lowest BCUT2D eigenvalue weighted by atomic mass is 10.1. The van der Waals surface area contributed by atoms with Gasteiger partial charge in [-0.1, -0.05) is 12.1 Å². The highest BCUT2D eigenvalue weighted by Gasteiger charge is 2.23. The molecule has 3 amide bonds. The molecule has 0 spiro atoms. The van der Waals surface area contributed by atoms with Crippen molar-refractivity contribution < 1.29 is 14.3 Å². The number of piperidine rings is 1. The van der Waals surface area contributed by atoms with Gasteiger partial charge in [0.1, 0.15) is 0 Å². The number of likely N-dealkylation sites (tertiary alicyclic amines) is 1. The summed E-state index contributed by atoms with van der Waals surface area (Å²) < 4.78 is 5.73. The van der Waals surface area contributed by atoms with Gasteiger partial charge in [-0.3, -0.25) is 4.79 Å². The van der Waals surface area contributed by atoms with E-state index in [4.69, 9.17) is 10.5 Å². The first-order valence-electron chi connectivity index (χ1n) is 8.79. The number of nitrogens with zero attached hydrogens (tertiary/aromatic N) is 1. The van der Waals surface area contributed by atoms with Crippen LogP contribution < -0.4 is 16.4 Å². The lowest BCUT2D eigenvalue weighted by molar-refractivity contribution is -0.132. The normalized spacial score (nSPS) is 14.5. The summed E-state index contributed by atoms with van der Waals surface area (Å²) in [7, 11) is 0. The number of carbonyl (C=O) groups excluding carboxylic acids is 2. The van der Waals surface area contributed by atoms with E-state index in [0.717, 1.165) is 24.8 Å². The SMILES string of the molecule is Cc1cccc(NC(=O)NCC(=O)N2CCC(OCCCN)CC2)c1.Cl. The van der Waals surface area contributed by atoms with Crippen LogP contribution in [0.15, 0.2) is 24.3 Å². The van der Waals surface area contributed by atoms with Crippen molar-refractivity contribution in [2.24, 2.45) is 5.73 Å². The van der Waals surface area contributed by atoms with Gasteiger partial charge in [-0.05, 0) is 50.4 Å². The molecule has 1 fully saturated rings. The Morgan fingerprint density at radius 3 is 2.69 bits per heavy atom. The summed E-state index contributed by atoms with van der Waals surface area (Å²) in [6.07, 6.45) is 2.71. The number of nitrogens with two attached hydrogens (primary N) is 1. The Kier molecular flexibility index (Phi) is 10.0. The Morgan fingerprint density at radius 2 is 2.04 bits per heavy atom. The zero-order valence-electron chi connectivity index (χ0n) is 15.2. The summed E-state index contributed by atoms with van der Waals surface area (Å²) in [5.74, 6) is -0.0696. The number of urea groups is 1. The third-order valence-corrected chi connectivity index (χ3v) is 4.17. The van der Waals surface area contributed by atoms with Crippen molar-refractivity contribution in [3.63, 3.8) is 0 Å². The molecule has 1 aromatic carbocycles. The number of benzene rings is 1. The second-order valence-electron chi connectivity index (χ2n) is 6.27.